The van der Waals surface area contributed by atoms with Crippen molar-refractivity contribution in [2.75, 3.05) is 26.4 Å². The Kier molecular flexibility index (Phi) is 72.1. The van der Waals surface area contributed by atoms with Gasteiger partial charge in [0, 0.05) is 39.5 Å². The standard InChI is InChI=1S/2C39H70O6/c2*1-4-6-8-10-12-14-16-18-19-21-23-25-27-29-31-33-39(42)44-35-37(45-36(3)40)34-43-38(41)32-30-28-26-24-22-20-17-15-13-11-9-7-5-2/h2*12,14,18-19,37H,4-11,13,15-17,20-35H2,1-3H3/b2*14-12-,19-18-. The van der Waals surface area contributed by atoms with Crippen molar-refractivity contribution in [2.24, 2.45) is 0 Å². The third-order valence-corrected chi connectivity index (χ3v) is 16.0. The largest absolute Gasteiger partial charge is 0.462 e. The van der Waals surface area contributed by atoms with E-state index >= 15 is 0 Å². The average molecular weight is 1270 g/mol. The van der Waals surface area contributed by atoms with Gasteiger partial charge in [-0.1, -0.05) is 295 Å². The Morgan fingerprint density at radius 1 is 0.244 bits per heavy atom. The molecular weight excluding hydrogens is 1130 g/mol. The normalized spacial score (nSPS) is 12.2. The van der Waals surface area contributed by atoms with E-state index in [1.807, 2.05) is 0 Å². The molecule has 0 aliphatic rings. The van der Waals surface area contributed by atoms with Gasteiger partial charge in [-0.2, -0.15) is 0 Å². The van der Waals surface area contributed by atoms with Crippen molar-refractivity contribution < 1.29 is 57.2 Å². The van der Waals surface area contributed by atoms with Gasteiger partial charge in [-0.3, -0.25) is 28.8 Å². The lowest BCUT2D eigenvalue weighted by molar-refractivity contribution is -0.165. The summed E-state index contributed by atoms with van der Waals surface area (Å²) in [5.74, 6) is -2.19. The van der Waals surface area contributed by atoms with Crippen LogP contribution in [-0.2, 0) is 57.2 Å². The number of hydrogen-bond donors (Lipinski definition) is 0. The number of ether oxygens (including phenoxy) is 6. The summed E-state index contributed by atoms with van der Waals surface area (Å²) in [6, 6.07) is 0. The van der Waals surface area contributed by atoms with Gasteiger partial charge in [0.1, 0.15) is 26.4 Å². The SMILES string of the molecule is CCCCC/C=C\C/C=C\CCCCCCCC(=O)OCC(COC(=O)CCCCCCCCCCCCCCC)OC(C)=O.CCCCC/C=C\C/C=C\CCCCCCCC(=O)OCC(COC(=O)CCCCCCCCCCCCCCC)OC(C)=O. The Morgan fingerprint density at radius 3 is 0.633 bits per heavy atom. The molecule has 12 heteroatoms. The van der Waals surface area contributed by atoms with Gasteiger partial charge in [0.2, 0.25) is 0 Å². The van der Waals surface area contributed by atoms with Crippen LogP contribution in [0.2, 0.25) is 0 Å². The maximum absolute atomic E-state index is 12.2. The lowest BCUT2D eigenvalue weighted by Gasteiger charge is -2.17. The number of esters is 6. The average Bonchev–Trinajstić information content (AvgIpc) is 3.61. The van der Waals surface area contributed by atoms with Gasteiger partial charge in [0.05, 0.1) is 0 Å². The van der Waals surface area contributed by atoms with Crippen LogP contribution >= 0.6 is 0 Å². The second kappa shape index (κ2) is 73.8. The maximum atomic E-state index is 12.2. The summed E-state index contributed by atoms with van der Waals surface area (Å²) < 4.78 is 31.7. The molecule has 0 saturated carbocycles. The van der Waals surface area contributed by atoms with Crippen LogP contribution in [0.4, 0.5) is 0 Å². The molecule has 0 amide bonds. The maximum Gasteiger partial charge on any atom is 0.305 e. The first-order chi connectivity index (χ1) is 44.0. The summed E-state index contributed by atoms with van der Waals surface area (Å²) in [5.41, 5.74) is 0. The highest BCUT2D eigenvalue weighted by Gasteiger charge is 2.19. The van der Waals surface area contributed by atoms with Crippen LogP contribution < -0.4 is 0 Å². The summed E-state index contributed by atoms with van der Waals surface area (Å²) in [6.07, 6.45) is 75.4. The van der Waals surface area contributed by atoms with Gasteiger partial charge < -0.3 is 28.4 Å². The van der Waals surface area contributed by atoms with Gasteiger partial charge in [-0.15, -0.1) is 0 Å². The van der Waals surface area contributed by atoms with E-state index < -0.39 is 24.1 Å². The van der Waals surface area contributed by atoms with E-state index in [0.29, 0.717) is 25.7 Å². The summed E-state index contributed by atoms with van der Waals surface area (Å²) in [4.78, 5) is 71.6. The fraction of sp³-hybridized carbons (Fsp3) is 0.821. The minimum atomic E-state index is -0.772. The van der Waals surface area contributed by atoms with E-state index in [1.54, 1.807) is 0 Å². The molecule has 2 unspecified atom stereocenters. The monoisotopic (exact) mass is 1270 g/mol. The highest BCUT2D eigenvalue weighted by Crippen LogP contribution is 2.17. The van der Waals surface area contributed by atoms with Crippen molar-refractivity contribution in [2.45, 2.75) is 388 Å². The van der Waals surface area contributed by atoms with Crippen LogP contribution in [0.3, 0.4) is 0 Å². The summed E-state index contributed by atoms with van der Waals surface area (Å²) in [5, 5.41) is 0. The smallest absolute Gasteiger partial charge is 0.305 e. The molecule has 0 fully saturated rings. The minimum absolute atomic E-state index is 0.0895. The van der Waals surface area contributed by atoms with Gasteiger partial charge in [-0.25, -0.2) is 0 Å². The molecule has 0 spiro atoms. The lowest BCUT2D eigenvalue weighted by Crippen LogP contribution is -2.30. The van der Waals surface area contributed by atoms with Crippen molar-refractivity contribution in [1.82, 2.24) is 0 Å². The van der Waals surface area contributed by atoms with Gasteiger partial charge in [0.15, 0.2) is 12.2 Å². The van der Waals surface area contributed by atoms with Crippen LogP contribution in [0.1, 0.15) is 375 Å². The van der Waals surface area contributed by atoms with Crippen LogP contribution in [-0.4, -0.2) is 74.5 Å². The fourth-order valence-electron chi connectivity index (χ4n) is 10.5. The predicted molar refractivity (Wildman–Crippen MR) is 374 cm³/mol. The van der Waals surface area contributed by atoms with E-state index in [1.165, 1.54) is 206 Å². The first kappa shape index (κ1) is 87.8. The van der Waals surface area contributed by atoms with E-state index in [4.69, 9.17) is 28.4 Å². The van der Waals surface area contributed by atoms with Crippen molar-refractivity contribution in [1.29, 1.82) is 0 Å². The number of carbonyl (C=O) groups is 6. The van der Waals surface area contributed by atoms with Crippen molar-refractivity contribution in [3.63, 3.8) is 0 Å². The molecule has 524 valence electrons. The lowest BCUT2D eigenvalue weighted by atomic mass is 10.0. The third kappa shape index (κ3) is 74.5. The molecule has 2 atom stereocenters. The van der Waals surface area contributed by atoms with Crippen LogP contribution in [0, 0.1) is 0 Å². The molecule has 0 aromatic carbocycles. The quantitative estimate of drug-likeness (QED) is 0.0246. The third-order valence-electron chi connectivity index (χ3n) is 16.0. The zero-order chi connectivity index (χ0) is 66.1. The molecule has 0 bridgehead atoms. The van der Waals surface area contributed by atoms with Gasteiger partial charge in [0.25, 0.3) is 0 Å². The minimum Gasteiger partial charge on any atom is -0.462 e. The fourth-order valence-corrected chi connectivity index (χ4v) is 10.5. The van der Waals surface area contributed by atoms with E-state index in [-0.39, 0.29) is 50.3 Å². The molecule has 0 N–H and O–H groups in total. The van der Waals surface area contributed by atoms with Crippen molar-refractivity contribution >= 4 is 35.8 Å². The summed E-state index contributed by atoms with van der Waals surface area (Å²) in [7, 11) is 0. The highest BCUT2D eigenvalue weighted by atomic mass is 16.6. The molecule has 0 radical (unpaired) electrons. The topological polar surface area (TPSA) is 158 Å². The molecule has 0 aromatic heterocycles. The Hall–Kier alpha value is -4.22. The van der Waals surface area contributed by atoms with Gasteiger partial charge in [-0.05, 0) is 89.9 Å². The van der Waals surface area contributed by atoms with Crippen molar-refractivity contribution in [3.8, 4) is 0 Å². The molecular formula is C78H140O12. The zero-order valence-electron chi connectivity index (χ0n) is 59.3. The Bertz CT molecular complexity index is 1610. The predicted octanol–water partition coefficient (Wildman–Crippen LogP) is 22.6. The number of rotatable bonds is 66. The molecule has 0 rings (SSSR count). The molecule has 0 aliphatic heterocycles. The number of allylic oxidation sites excluding steroid dienone is 8. The van der Waals surface area contributed by atoms with E-state index in [0.717, 1.165) is 116 Å². The Balaban J connectivity index is 0. The summed E-state index contributed by atoms with van der Waals surface area (Å²) >= 11 is 0. The van der Waals surface area contributed by atoms with Crippen LogP contribution in [0.15, 0.2) is 48.6 Å². The highest BCUT2D eigenvalue weighted by molar-refractivity contribution is 5.71. The molecule has 0 saturated heterocycles. The molecule has 0 aromatic rings. The first-order valence-corrected chi connectivity index (χ1v) is 37.6. The van der Waals surface area contributed by atoms with E-state index in [9.17, 15) is 28.8 Å². The van der Waals surface area contributed by atoms with Gasteiger partial charge >= 0.3 is 35.8 Å². The van der Waals surface area contributed by atoms with Crippen LogP contribution in [0.5, 0.6) is 0 Å². The number of hydrogen-bond acceptors (Lipinski definition) is 12. The zero-order valence-corrected chi connectivity index (χ0v) is 59.3. The first-order valence-electron chi connectivity index (χ1n) is 37.6. The number of unbranched alkanes of at least 4 members (excludes halogenated alkanes) is 40. The Labute approximate surface area is 553 Å². The van der Waals surface area contributed by atoms with Crippen molar-refractivity contribution in [3.05, 3.63) is 48.6 Å². The molecule has 0 heterocycles. The molecule has 12 nitrogen and oxygen atoms in total. The van der Waals surface area contributed by atoms with Crippen LogP contribution in [0.25, 0.3) is 0 Å². The molecule has 90 heavy (non-hydrogen) atoms. The Morgan fingerprint density at radius 2 is 0.422 bits per heavy atom. The second-order valence-corrected chi connectivity index (χ2v) is 25.1. The summed E-state index contributed by atoms with van der Waals surface area (Å²) in [6.45, 7) is 11.2. The van der Waals surface area contributed by atoms with E-state index in [2.05, 4.69) is 76.3 Å². The number of carbonyl (C=O) groups excluding carboxylic acids is 6. The second-order valence-electron chi connectivity index (χ2n) is 25.1. The molecule has 0 aliphatic carbocycles.